The molecule has 0 fully saturated rings. The maximum atomic E-state index is 10.4. The highest BCUT2D eigenvalue weighted by Crippen LogP contribution is 2.25. The average molecular weight is 197 g/mol. The second-order valence-electron chi connectivity index (χ2n) is 2.98. The van der Waals surface area contributed by atoms with E-state index in [1.807, 2.05) is 0 Å². The molecule has 1 rings (SSSR count). The molecule has 0 aliphatic rings. The summed E-state index contributed by atoms with van der Waals surface area (Å²) in [5.74, 6) is -0.269. The molecule has 0 unspecified atom stereocenters. The van der Waals surface area contributed by atoms with Gasteiger partial charge in [0.05, 0.1) is 6.61 Å². The number of aldehydes is 1. The Hall–Kier alpha value is -1.43. The van der Waals surface area contributed by atoms with Crippen LogP contribution >= 0.6 is 0 Å². The Bertz CT molecular complexity index is 349. The third-order valence-corrected chi connectivity index (χ3v) is 1.86. The Balaban J connectivity index is 3.25. The number of phenols is 1. The van der Waals surface area contributed by atoms with E-state index in [0.717, 1.165) is 0 Å². The summed E-state index contributed by atoms with van der Waals surface area (Å²) in [7, 11) is 0. The zero-order chi connectivity index (χ0) is 10.8. The lowest BCUT2D eigenvalue weighted by Crippen LogP contribution is -2.40. The Labute approximate surface area is 80.4 Å². The first-order valence-electron chi connectivity index (χ1n) is 3.92. The number of benzene rings is 1. The fraction of sp³-hybridized carbons (Fsp3) is 0.222. The topological polar surface area (TPSA) is 104 Å². The third-order valence-electron chi connectivity index (χ3n) is 1.86. The van der Waals surface area contributed by atoms with Gasteiger partial charge in [-0.2, -0.15) is 0 Å². The molecule has 0 spiro atoms. The van der Waals surface area contributed by atoms with Crippen molar-refractivity contribution >= 4 is 6.29 Å². The molecular formula is C9H11NO4. The molecule has 76 valence electrons. The Kier molecular flexibility index (Phi) is 2.85. The highest BCUT2D eigenvalue weighted by molar-refractivity contribution is 5.75. The molecular weight excluding hydrogens is 186 g/mol. The maximum absolute atomic E-state index is 10.4. The number of aromatic hydroxyl groups is 1. The van der Waals surface area contributed by atoms with Crippen molar-refractivity contribution < 1.29 is 20.1 Å². The summed E-state index contributed by atoms with van der Waals surface area (Å²) in [6.07, 6.45) is 0.552. The van der Waals surface area contributed by atoms with Crippen LogP contribution in [0.4, 0.5) is 0 Å². The van der Waals surface area contributed by atoms with Gasteiger partial charge in [-0.05, 0) is 18.2 Å². The van der Waals surface area contributed by atoms with Crippen LogP contribution in [0.5, 0.6) is 5.75 Å². The normalized spacial score (nSPS) is 14.8. The molecule has 1 aromatic rings. The number of aliphatic hydroxyl groups excluding tert-OH is 1. The third kappa shape index (κ3) is 1.90. The van der Waals surface area contributed by atoms with Crippen LogP contribution in [0.1, 0.15) is 15.9 Å². The largest absolute Gasteiger partial charge is 0.508 e. The number of aliphatic hydroxyl groups is 2. The van der Waals surface area contributed by atoms with E-state index in [4.69, 9.17) is 10.8 Å². The van der Waals surface area contributed by atoms with Crippen LogP contribution in [0.25, 0.3) is 0 Å². The predicted octanol–water partition coefficient (Wildman–Crippen LogP) is -0.699. The van der Waals surface area contributed by atoms with E-state index < -0.39 is 12.3 Å². The van der Waals surface area contributed by atoms with Gasteiger partial charge in [-0.1, -0.05) is 0 Å². The molecule has 0 aromatic heterocycles. The van der Waals surface area contributed by atoms with E-state index in [0.29, 0.717) is 6.29 Å². The molecule has 0 aliphatic carbocycles. The second-order valence-corrected chi connectivity index (χ2v) is 2.98. The molecule has 5 nitrogen and oxygen atoms in total. The van der Waals surface area contributed by atoms with Crippen LogP contribution in [-0.4, -0.2) is 28.2 Å². The SMILES string of the molecule is N[C@](O)(CO)c1cc(C=O)ccc1O. The number of nitrogens with two attached hydrogens (primary N) is 1. The molecule has 0 radical (unpaired) electrons. The Morgan fingerprint density at radius 1 is 1.50 bits per heavy atom. The van der Waals surface area contributed by atoms with Gasteiger partial charge in [-0.25, -0.2) is 0 Å². The van der Waals surface area contributed by atoms with Crippen LogP contribution in [0.2, 0.25) is 0 Å². The molecule has 0 saturated carbocycles. The van der Waals surface area contributed by atoms with Crippen molar-refractivity contribution in [2.45, 2.75) is 5.72 Å². The summed E-state index contributed by atoms with van der Waals surface area (Å²) < 4.78 is 0. The lowest BCUT2D eigenvalue weighted by Gasteiger charge is -2.21. The van der Waals surface area contributed by atoms with Crippen molar-refractivity contribution in [3.63, 3.8) is 0 Å². The smallest absolute Gasteiger partial charge is 0.166 e. The zero-order valence-corrected chi connectivity index (χ0v) is 7.34. The first-order chi connectivity index (χ1) is 6.51. The molecule has 5 N–H and O–H groups in total. The second kappa shape index (κ2) is 3.75. The van der Waals surface area contributed by atoms with Crippen molar-refractivity contribution in [1.82, 2.24) is 0 Å². The molecule has 0 aliphatic heterocycles. The highest BCUT2D eigenvalue weighted by Gasteiger charge is 2.26. The van der Waals surface area contributed by atoms with E-state index in [-0.39, 0.29) is 16.9 Å². The maximum Gasteiger partial charge on any atom is 0.166 e. The van der Waals surface area contributed by atoms with E-state index >= 15 is 0 Å². The summed E-state index contributed by atoms with van der Waals surface area (Å²) in [6.45, 7) is -0.747. The number of phenolic OH excluding ortho intramolecular Hbond substituents is 1. The number of carbonyl (C=O) groups excluding carboxylic acids is 1. The standard InChI is InChI=1S/C9H11NO4/c10-9(14,5-12)7-3-6(4-11)1-2-8(7)13/h1-4,12-14H,5,10H2/t9-/m0/s1. The van der Waals surface area contributed by atoms with Gasteiger partial charge in [0.2, 0.25) is 0 Å². The monoisotopic (exact) mass is 197 g/mol. The van der Waals surface area contributed by atoms with Crippen molar-refractivity contribution in [2.24, 2.45) is 5.73 Å². The van der Waals surface area contributed by atoms with Crippen molar-refractivity contribution in [2.75, 3.05) is 6.61 Å². The minimum absolute atomic E-state index is 0.0791. The fourth-order valence-electron chi connectivity index (χ4n) is 1.06. The van der Waals surface area contributed by atoms with Gasteiger partial charge in [0, 0.05) is 11.1 Å². The summed E-state index contributed by atoms with van der Waals surface area (Å²) in [5, 5.41) is 27.5. The van der Waals surface area contributed by atoms with E-state index in [2.05, 4.69) is 0 Å². The van der Waals surface area contributed by atoms with Gasteiger partial charge in [0.15, 0.2) is 5.72 Å². The van der Waals surface area contributed by atoms with Crippen LogP contribution in [0.15, 0.2) is 18.2 Å². The molecule has 0 saturated heterocycles. The average Bonchev–Trinajstić information content (AvgIpc) is 2.18. The van der Waals surface area contributed by atoms with Gasteiger partial charge >= 0.3 is 0 Å². The van der Waals surface area contributed by atoms with Crippen LogP contribution in [-0.2, 0) is 5.72 Å². The molecule has 0 bridgehead atoms. The van der Waals surface area contributed by atoms with Gasteiger partial charge in [-0.3, -0.25) is 10.5 Å². The molecule has 1 aromatic carbocycles. The summed E-state index contributed by atoms with van der Waals surface area (Å²) in [5.41, 5.74) is 3.43. The van der Waals surface area contributed by atoms with Crippen LogP contribution in [0.3, 0.4) is 0 Å². The van der Waals surface area contributed by atoms with Crippen molar-refractivity contribution in [3.05, 3.63) is 29.3 Å². The van der Waals surface area contributed by atoms with Gasteiger partial charge in [0.25, 0.3) is 0 Å². The zero-order valence-electron chi connectivity index (χ0n) is 7.34. The number of hydrogen-bond acceptors (Lipinski definition) is 5. The van der Waals surface area contributed by atoms with Gasteiger partial charge < -0.3 is 15.3 Å². The number of carbonyl (C=O) groups is 1. The number of rotatable bonds is 3. The van der Waals surface area contributed by atoms with E-state index in [1.54, 1.807) is 0 Å². The molecule has 0 amide bonds. The minimum Gasteiger partial charge on any atom is -0.508 e. The predicted molar refractivity (Wildman–Crippen MR) is 48.7 cm³/mol. The van der Waals surface area contributed by atoms with E-state index in [9.17, 15) is 15.0 Å². The first kappa shape index (κ1) is 10.6. The fourth-order valence-corrected chi connectivity index (χ4v) is 1.06. The quantitative estimate of drug-likeness (QED) is 0.379. The summed E-state index contributed by atoms with van der Waals surface area (Å²) in [4.78, 5) is 10.4. The van der Waals surface area contributed by atoms with Crippen molar-refractivity contribution in [3.8, 4) is 5.75 Å². The molecule has 5 heteroatoms. The highest BCUT2D eigenvalue weighted by atomic mass is 16.3. The molecule has 0 heterocycles. The number of hydrogen-bond donors (Lipinski definition) is 4. The van der Waals surface area contributed by atoms with Gasteiger partial charge in [0.1, 0.15) is 12.0 Å². The minimum atomic E-state index is -2.04. The first-order valence-corrected chi connectivity index (χ1v) is 3.92. The van der Waals surface area contributed by atoms with Crippen LogP contribution < -0.4 is 5.73 Å². The Morgan fingerprint density at radius 2 is 2.14 bits per heavy atom. The molecule has 14 heavy (non-hydrogen) atoms. The Morgan fingerprint density at radius 3 is 2.64 bits per heavy atom. The summed E-state index contributed by atoms with van der Waals surface area (Å²) in [6, 6.07) is 3.82. The van der Waals surface area contributed by atoms with E-state index in [1.165, 1.54) is 18.2 Å². The van der Waals surface area contributed by atoms with Crippen LogP contribution in [0, 0.1) is 0 Å². The summed E-state index contributed by atoms with van der Waals surface area (Å²) >= 11 is 0. The lowest BCUT2D eigenvalue weighted by atomic mass is 10.0. The lowest BCUT2D eigenvalue weighted by molar-refractivity contribution is -0.0152. The molecule has 1 atom stereocenters. The van der Waals surface area contributed by atoms with Gasteiger partial charge in [-0.15, -0.1) is 0 Å². The van der Waals surface area contributed by atoms with Crippen molar-refractivity contribution in [1.29, 1.82) is 0 Å².